The monoisotopic (exact) mass is 467 g/mol. The van der Waals surface area contributed by atoms with Crippen LogP contribution in [-0.4, -0.2) is 38.0 Å². The maximum atomic E-state index is 14.3. The minimum absolute atomic E-state index is 0.187. The molecule has 0 amide bonds. The number of imidazole rings is 1. The van der Waals surface area contributed by atoms with Crippen LogP contribution in [0.3, 0.4) is 0 Å². The van der Waals surface area contributed by atoms with Crippen LogP contribution in [0, 0.1) is 24.4 Å². The van der Waals surface area contributed by atoms with Gasteiger partial charge in [-0.05, 0) is 30.7 Å². The Hall–Kier alpha value is -3.92. The van der Waals surface area contributed by atoms with Crippen molar-refractivity contribution in [1.82, 2.24) is 24.3 Å². The van der Waals surface area contributed by atoms with Crippen molar-refractivity contribution in [1.29, 1.82) is 0 Å². The number of ether oxygens (including phenoxy) is 2. The predicted octanol–water partition coefficient (Wildman–Crippen LogP) is 4.49. The largest absolute Gasteiger partial charge is 0.495 e. The van der Waals surface area contributed by atoms with E-state index in [1.807, 2.05) is 42.0 Å². The van der Waals surface area contributed by atoms with Crippen LogP contribution in [0.1, 0.15) is 34.6 Å². The van der Waals surface area contributed by atoms with Gasteiger partial charge in [0.25, 0.3) is 0 Å². The van der Waals surface area contributed by atoms with Crippen LogP contribution >= 0.6 is 0 Å². The summed E-state index contributed by atoms with van der Waals surface area (Å²) in [4.78, 5) is 8.65. The lowest BCUT2D eigenvalue weighted by atomic mass is 10.1. The molecule has 7 nitrogen and oxygen atoms in total. The van der Waals surface area contributed by atoms with Gasteiger partial charge in [0.2, 0.25) is 0 Å². The number of hydrogen-bond acceptors (Lipinski definition) is 5. The van der Waals surface area contributed by atoms with Gasteiger partial charge < -0.3 is 14.0 Å². The summed E-state index contributed by atoms with van der Waals surface area (Å²) in [6, 6.07) is 6.94. The Bertz CT molecular complexity index is 1370. The molecule has 1 aliphatic heterocycles. The fourth-order valence-corrected chi connectivity index (χ4v) is 3.88. The lowest BCUT2D eigenvalue weighted by Gasteiger charge is -2.23. The number of rotatable bonds is 5. The van der Waals surface area contributed by atoms with E-state index in [-0.39, 0.29) is 18.0 Å². The average molecular weight is 467 g/mol. The van der Waals surface area contributed by atoms with Crippen molar-refractivity contribution >= 4 is 12.2 Å². The first-order valence-electron chi connectivity index (χ1n) is 10.5. The van der Waals surface area contributed by atoms with Gasteiger partial charge in [-0.2, -0.15) is 5.10 Å². The number of aryl methyl sites for hydroxylation is 1. The number of methoxy groups -OCH3 is 1. The van der Waals surface area contributed by atoms with Gasteiger partial charge in [0, 0.05) is 18.3 Å². The van der Waals surface area contributed by atoms with Crippen LogP contribution in [0.15, 0.2) is 42.9 Å². The molecule has 10 heteroatoms. The van der Waals surface area contributed by atoms with Crippen LogP contribution in [0.2, 0.25) is 0 Å². The highest BCUT2D eigenvalue weighted by Gasteiger charge is 2.31. The van der Waals surface area contributed by atoms with Crippen molar-refractivity contribution in [2.75, 3.05) is 13.7 Å². The fraction of sp³-hybridized carbons (Fsp3) is 0.208. The van der Waals surface area contributed by atoms with Gasteiger partial charge in [-0.1, -0.05) is 12.1 Å². The van der Waals surface area contributed by atoms with Gasteiger partial charge in [-0.25, -0.2) is 27.8 Å². The maximum absolute atomic E-state index is 14.3. The Balaban J connectivity index is 1.43. The second-order valence-corrected chi connectivity index (χ2v) is 7.77. The van der Waals surface area contributed by atoms with Gasteiger partial charge >= 0.3 is 0 Å². The first-order valence-corrected chi connectivity index (χ1v) is 10.5. The Morgan fingerprint density at radius 2 is 1.91 bits per heavy atom. The quantitative estimate of drug-likeness (QED) is 0.433. The summed E-state index contributed by atoms with van der Waals surface area (Å²) < 4.78 is 56.6. The zero-order valence-electron chi connectivity index (χ0n) is 18.4. The molecule has 0 saturated heterocycles. The van der Waals surface area contributed by atoms with Crippen LogP contribution in [0.25, 0.3) is 17.8 Å². The number of aromatic nitrogens is 5. The van der Waals surface area contributed by atoms with Gasteiger partial charge in [0.15, 0.2) is 11.6 Å². The molecule has 1 aliphatic rings. The molecule has 0 radical (unpaired) electrons. The van der Waals surface area contributed by atoms with E-state index in [4.69, 9.17) is 9.47 Å². The Kier molecular flexibility index (Phi) is 5.66. The van der Waals surface area contributed by atoms with E-state index in [2.05, 4.69) is 15.1 Å². The van der Waals surface area contributed by atoms with Crippen LogP contribution < -0.4 is 4.74 Å². The third-order valence-corrected chi connectivity index (χ3v) is 5.46. The Morgan fingerprint density at radius 3 is 2.62 bits per heavy atom. The van der Waals surface area contributed by atoms with Crippen LogP contribution in [0.5, 0.6) is 5.75 Å². The lowest BCUT2D eigenvalue weighted by Crippen LogP contribution is -2.25. The molecule has 5 rings (SSSR count). The van der Waals surface area contributed by atoms with E-state index in [0.717, 1.165) is 16.9 Å². The van der Waals surface area contributed by atoms with Gasteiger partial charge in [0.05, 0.1) is 43.5 Å². The number of halogens is 3. The third kappa shape index (κ3) is 4.08. The highest BCUT2D eigenvalue weighted by molar-refractivity contribution is 5.69. The van der Waals surface area contributed by atoms with Crippen molar-refractivity contribution in [3.63, 3.8) is 0 Å². The summed E-state index contributed by atoms with van der Waals surface area (Å²) in [5.41, 5.74) is 2.19. The molecule has 2 aromatic carbocycles. The zero-order chi connectivity index (χ0) is 23.8. The van der Waals surface area contributed by atoms with Gasteiger partial charge in [0.1, 0.15) is 29.3 Å². The molecule has 0 spiro atoms. The zero-order valence-corrected chi connectivity index (χ0v) is 18.4. The smallest absolute Gasteiger partial charge is 0.174 e. The molecule has 34 heavy (non-hydrogen) atoms. The first-order chi connectivity index (χ1) is 16.4. The van der Waals surface area contributed by atoms with Crippen LogP contribution in [-0.2, 0) is 11.3 Å². The van der Waals surface area contributed by atoms with Gasteiger partial charge in [-0.3, -0.25) is 0 Å². The minimum atomic E-state index is -1.12. The van der Waals surface area contributed by atoms with E-state index < -0.39 is 23.6 Å². The normalized spacial score (nSPS) is 15.6. The summed E-state index contributed by atoms with van der Waals surface area (Å²) in [7, 11) is 1.59. The molecule has 0 N–H and O–H groups in total. The lowest BCUT2D eigenvalue weighted by molar-refractivity contribution is 0.0346. The molecule has 0 bridgehead atoms. The standard InChI is InChI=1S/C24H20F3N5O2/c1-14-12-31(13-28-14)19-5-3-15(9-20(19)33-2)4-6-21-29-24-23(34-8-7-32(24)30-21)22-17(26)10-16(25)11-18(22)27/h3-6,9-13,23H,7-8H2,1-2H3. The molecular formula is C24H20F3N5O2. The van der Waals surface area contributed by atoms with Crippen molar-refractivity contribution in [2.24, 2.45) is 0 Å². The van der Waals surface area contributed by atoms with Gasteiger partial charge in [-0.15, -0.1) is 0 Å². The number of fused-ring (bicyclic) bond motifs is 1. The molecular weight excluding hydrogens is 447 g/mol. The summed E-state index contributed by atoms with van der Waals surface area (Å²) in [6.45, 7) is 2.47. The average Bonchev–Trinajstić information content (AvgIpc) is 3.43. The van der Waals surface area contributed by atoms with Crippen LogP contribution in [0.4, 0.5) is 13.2 Å². The highest BCUT2D eigenvalue weighted by Crippen LogP contribution is 2.32. The van der Waals surface area contributed by atoms with Crippen molar-refractivity contribution in [3.05, 3.63) is 88.8 Å². The topological polar surface area (TPSA) is 67.0 Å². The van der Waals surface area contributed by atoms with E-state index in [1.165, 1.54) is 0 Å². The first kappa shape index (κ1) is 21.9. The summed E-state index contributed by atoms with van der Waals surface area (Å²) in [6.07, 6.45) is 5.99. The number of nitrogens with zero attached hydrogens (tertiary/aromatic N) is 5. The summed E-state index contributed by atoms with van der Waals surface area (Å²) in [5, 5.41) is 4.41. The molecule has 0 aliphatic carbocycles. The highest BCUT2D eigenvalue weighted by atomic mass is 19.1. The number of benzene rings is 2. The molecule has 0 saturated carbocycles. The maximum Gasteiger partial charge on any atom is 0.174 e. The molecule has 174 valence electrons. The molecule has 0 fully saturated rings. The van der Waals surface area contributed by atoms with E-state index in [1.54, 1.807) is 24.2 Å². The molecule has 4 aromatic rings. The SMILES string of the molecule is COc1cc(C=Cc2nc3n(n2)CCOC3c2c(F)cc(F)cc2F)ccc1-n1cnc(C)c1. The minimum Gasteiger partial charge on any atom is -0.495 e. The molecule has 1 atom stereocenters. The summed E-state index contributed by atoms with van der Waals surface area (Å²) in [5.74, 6) is -1.80. The third-order valence-electron chi connectivity index (χ3n) is 5.46. The molecule has 1 unspecified atom stereocenters. The summed E-state index contributed by atoms with van der Waals surface area (Å²) >= 11 is 0. The van der Waals surface area contributed by atoms with Crippen molar-refractivity contribution < 1.29 is 22.6 Å². The fourth-order valence-electron chi connectivity index (χ4n) is 3.88. The Labute approximate surface area is 193 Å². The van der Waals surface area contributed by atoms with E-state index >= 15 is 0 Å². The predicted molar refractivity (Wildman–Crippen MR) is 118 cm³/mol. The molecule has 3 heterocycles. The Morgan fingerprint density at radius 1 is 1.12 bits per heavy atom. The second-order valence-electron chi connectivity index (χ2n) is 7.77. The van der Waals surface area contributed by atoms with Crippen molar-refractivity contribution in [2.45, 2.75) is 19.6 Å². The van der Waals surface area contributed by atoms with E-state index in [0.29, 0.717) is 30.3 Å². The second kappa shape index (κ2) is 8.79. The van der Waals surface area contributed by atoms with E-state index in [9.17, 15) is 13.2 Å². The number of hydrogen-bond donors (Lipinski definition) is 0. The van der Waals surface area contributed by atoms with Crippen molar-refractivity contribution in [3.8, 4) is 11.4 Å². The molecule has 2 aromatic heterocycles.